The third kappa shape index (κ3) is 2.94. The number of thiophene rings is 1. The summed E-state index contributed by atoms with van der Waals surface area (Å²) in [6, 6.07) is 5.61. The molecule has 0 saturated heterocycles. The van der Waals surface area contributed by atoms with Crippen LogP contribution in [-0.2, 0) is 4.74 Å². The third-order valence-electron chi connectivity index (χ3n) is 3.61. The van der Waals surface area contributed by atoms with Gasteiger partial charge in [0.1, 0.15) is 0 Å². The van der Waals surface area contributed by atoms with Gasteiger partial charge in [-0.2, -0.15) is 4.98 Å². The van der Waals surface area contributed by atoms with E-state index in [1.807, 2.05) is 37.4 Å². The van der Waals surface area contributed by atoms with Crippen LogP contribution in [0, 0.1) is 13.8 Å². The zero-order chi connectivity index (χ0) is 18.3. The summed E-state index contributed by atoms with van der Waals surface area (Å²) < 4.78 is 12.4. The number of nitrogens with zero attached hydrogens (tertiary/aromatic N) is 6. The molecule has 4 aromatic heterocycles. The Morgan fingerprint density at radius 1 is 1.31 bits per heavy atom. The molecule has 26 heavy (non-hydrogen) atoms. The number of hydrogen-bond acceptors (Lipinski definition) is 9. The van der Waals surface area contributed by atoms with E-state index in [1.165, 1.54) is 15.9 Å². The SMILES string of the molecule is Cc1cc(C)n2nc(C(=O)O[C@@H](C)c3nnc(-c4cccs4)o3)nc2n1. The Hall–Kier alpha value is -3.14. The van der Waals surface area contributed by atoms with Gasteiger partial charge in [-0.05, 0) is 38.3 Å². The van der Waals surface area contributed by atoms with Gasteiger partial charge in [-0.3, -0.25) is 0 Å². The number of rotatable bonds is 4. The summed E-state index contributed by atoms with van der Waals surface area (Å²) in [4.78, 5) is 21.6. The maximum Gasteiger partial charge on any atom is 0.379 e. The van der Waals surface area contributed by atoms with Crippen LogP contribution in [-0.4, -0.2) is 35.7 Å². The quantitative estimate of drug-likeness (QED) is 0.505. The minimum absolute atomic E-state index is 0.0731. The molecule has 0 aliphatic rings. The Kier molecular flexibility index (Phi) is 3.96. The number of carbonyl (C=O) groups is 1. The molecule has 0 amide bonds. The maximum absolute atomic E-state index is 12.4. The standard InChI is InChI=1S/C16H14N6O3S/c1-8-7-9(2)22-16(17-8)18-12(21-22)15(23)24-10(3)13-19-20-14(25-13)11-5-4-6-26-11/h4-7,10H,1-3H3/t10-/m0/s1. The fourth-order valence-corrected chi connectivity index (χ4v) is 3.06. The van der Waals surface area contributed by atoms with Crippen molar-refractivity contribution in [2.45, 2.75) is 26.9 Å². The first-order valence-electron chi connectivity index (χ1n) is 7.80. The Morgan fingerprint density at radius 3 is 2.92 bits per heavy atom. The molecule has 4 rings (SSSR count). The molecule has 0 aromatic carbocycles. The van der Waals surface area contributed by atoms with Crippen LogP contribution in [0.5, 0.6) is 0 Å². The summed E-state index contributed by atoms with van der Waals surface area (Å²) in [5, 5.41) is 14.0. The number of carbonyl (C=O) groups excluding carboxylic acids is 1. The molecule has 132 valence electrons. The molecule has 0 bridgehead atoms. The first-order chi connectivity index (χ1) is 12.5. The smallest absolute Gasteiger partial charge is 0.379 e. The summed E-state index contributed by atoms with van der Waals surface area (Å²) in [5.74, 6) is 0.182. The van der Waals surface area contributed by atoms with E-state index < -0.39 is 12.1 Å². The minimum atomic E-state index is -0.730. The second kappa shape index (κ2) is 6.30. The molecule has 4 heterocycles. The van der Waals surface area contributed by atoms with Gasteiger partial charge in [-0.15, -0.1) is 26.6 Å². The van der Waals surface area contributed by atoms with Gasteiger partial charge in [0.05, 0.1) is 4.88 Å². The van der Waals surface area contributed by atoms with Gasteiger partial charge in [-0.1, -0.05) is 6.07 Å². The lowest BCUT2D eigenvalue weighted by Gasteiger charge is -2.06. The fourth-order valence-electron chi connectivity index (χ4n) is 2.42. The van der Waals surface area contributed by atoms with Gasteiger partial charge in [0.15, 0.2) is 6.10 Å². The highest BCUT2D eigenvalue weighted by Gasteiger charge is 2.23. The highest BCUT2D eigenvalue weighted by molar-refractivity contribution is 7.13. The molecule has 0 spiro atoms. The topological polar surface area (TPSA) is 108 Å². The van der Waals surface area contributed by atoms with Gasteiger partial charge in [0, 0.05) is 11.4 Å². The molecule has 0 radical (unpaired) electrons. The summed E-state index contributed by atoms with van der Waals surface area (Å²) in [7, 11) is 0. The van der Waals surface area contributed by atoms with E-state index in [0.717, 1.165) is 16.3 Å². The van der Waals surface area contributed by atoms with E-state index >= 15 is 0 Å². The Bertz CT molecular complexity index is 1090. The van der Waals surface area contributed by atoms with E-state index in [0.29, 0.717) is 11.7 Å². The van der Waals surface area contributed by atoms with Crippen LogP contribution < -0.4 is 0 Å². The molecule has 0 unspecified atom stereocenters. The highest BCUT2D eigenvalue weighted by Crippen LogP contribution is 2.26. The van der Waals surface area contributed by atoms with Gasteiger partial charge in [0.2, 0.25) is 0 Å². The van der Waals surface area contributed by atoms with Crippen LogP contribution in [0.4, 0.5) is 0 Å². The highest BCUT2D eigenvalue weighted by atomic mass is 32.1. The molecule has 0 saturated carbocycles. The predicted octanol–water partition coefficient (Wildman–Crippen LogP) is 2.77. The molecule has 0 aliphatic carbocycles. The van der Waals surface area contributed by atoms with E-state index in [1.54, 1.807) is 6.92 Å². The largest absolute Gasteiger partial charge is 0.447 e. The molecule has 9 nitrogen and oxygen atoms in total. The van der Waals surface area contributed by atoms with Crippen molar-refractivity contribution in [3.8, 4) is 10.8 Å². The molecule has 0 N–H and O–H groups in total. The average molecular weight is 370 g/mol. The zero-order valence-electron chi connectivity index (χ0n) is 14.2. The van der Waals surface area contributed by atoms with Gasteiger partial charge >= 0.3 is 5.97 Å². The van der Waals surface area contributed by atoms with Gasteiger partial charge in [0.25, 0.3) is 23.4 Å². The normalized spacial score (nSPS) is 12.4. The number of aromatic nitrogens is 6. The van der Waals surface area contributed by atoms with Crippen molar-refractivity contribution in [3.63, 3.8) is 0 Å². The number of esters is 1. The van der Waals surface area contributed by atoms with Crippen molar-refractivity contribution in [1.82, 2.24) is 29.8 Å². The maximum atomic E-state index is 12.4. The Labute approximate surface area is 151 Å². The van der Waals surface area contributed by atoms with Gasteiger partial charge in [-0.25, -0.2) is 14.3 Å². The van der Waals surface area contributed by atoms with Crippen molar-refractivity contribution in [2.24, 2.45) is 0 Å². The van der Waals surface area contributed by atoms with Crippen molar-refractivity contribution in [1.29, 1.82) is 0 Å². The van der Waals surface area contributed by atoms with Crippen LogP contribution in [0.2, 0.25) is 0 Å². The summed E-state index contributed by atoms with van der Waals surface area (Å²) in [5.41, 5.74) is 1.62. The van der Waals surface area contributed by atoms with E-state index in [-0.39, 0.29) is 11.7 Å². The molecule has 4 aromatic rings. The number of aryl methyl sites for hydroxylation is 2. The van der Waals surface area contributed by atoms with Crippen LogP contribution in [0.25, 0.3) is 16.5 Å². The number of fused-ring (bicyclic) bond motifs is 1. The first-order valence-corrected chi connectivity index (χ1v) is 8.68. The molecular formula is C16H14N6O3S. The molecular weight excluding hydrogens is 356 g/mol. The monoisotopic (exact) mass is 370 g/mol. The molecule has 0 aliphatic heterocycles. The van der Waals surface area contributed by atoms with Crippen LogP contribution in [0.1, 0.15) is 40.9 Å². The second-order valence-corrected chi connectivity index (χ2v) is 6.60. The molecule has 1 atom stereocenters. The lowest BCUT2D eigenvalue weighted by molar-refractivity contribution is 0.0266. The van der Waals surface area contributed by atoms with E-state index in [4.69, 9.17) is 9.15 Å². The van der Waals surface area contributed by atoms with Crippen molar-refractivity contribution < 1.29 is 13.9 Å². The number of ether oxygens (including phenoxy) is 1. The predicted molar refractivity (Wildman–Crippen MR) is 91.7 cm³/mol. The lowest BCUT2D eigenvalue weighted by Crippen LogP contribution is -2.11. The first kappa shape index (κ1) is 16.3. The number of hydrogen-bond donors (Lipinski definition) is 0. The lowest BCUT2D eigenvalue weighted by atomic mass is 10.4. The fraction of sp³-hybridized carbons (Fsp3) is 0.250. The van der Waals surface area contributed by atoms with Crippen molar-refractivity contribution in [3.05, 3.63) is 46.7 Å². The summed E-state index contributed by atoms with van der Waals surface area (Å²) in [6.45, 7) is 5.36. The Morgan fingerprint density at radius 2 is 2.15 bits per heavy atom. The molecule has 0 fully saturated rings. The van der Waals surface area contributed by atoms with Crippen molar-refractivity contribution in [2.75, 3.05) is 0 Å². The Balaban J connectivity index is 1.53. The zero-order valence-corrected chi connectivity index (χ0v) is 15.0. The van der Waals surface area contributed by atoms with E-state index in [2.05, 4.69) is 25.3 Å². The van der Waals surface area contributed by atoms with Crippen LogP contribution in [0.15, 0.2) is 28.0 Å². The van der Waals surface area contributed by atoms with E-state index in [9.17, 15) is 4.79 Å². The average Bonchev–Trinajstić information content (AvgIpc) is 3.33. The van der Waals surface area contributed by atoms with Crippen LogP contribution in [0.3, 0.4) is 0 Å². The third-order valence-corrected chi connectivity index (χ3v) is 4.46. The van der Waals surface area contributed by atoms with Crippen LogP contribution >= 0.6 is 11.3 Å². The molecule has 10 heteroatoms. The summed E-state index contributed by atoms with van der Waals surface area (Å²) >= 11 is 1.48. The summed E-state index contributed by atoms with van der Waals surface area (Å²) in [6.07, 6.45) is -0.730. The second-order valence-electron chi connectivity index (χ2n) is 5.66. The van der Waals surface area contributed by atoms with Crippen molar-refractivity contribution >= 4 is 23.1 Å². The minimum Gasteiger partial charge on any atom is -0.447 e. The van der Waals surface area contributed by atoms with Gasteiger partial charge < -0.3 is 9.15 Å².